The number of nitrogens with zero attached hydrogens (tertiary/aromatic N) is 5. The molecule has 0 saturated carbocycles. The van der Waals surface area contributed by atoms with Crippen LogP contribution in [-0.4, -0.2) is 50.4 Å². The zero-order valence-corrected chi connectivity index (χ0v) is 17.1. The second-order valence-electron chi connectivity index (χ2n) is 7.08. The molecule has 8 heteroatoms. The molecule has 29 heavy (non-hydrogen) atoms. The first-order valence-corrected chi connectivity index (χ1v) is 10.0. The number of piperidine rings is 1. The zero-order chi connectivity index (χ0) is 20.2. The van der Waals surface area contributed by atoms with Crippen molar-refractivity contribution in [3.05, 3.63) is 59.6 Å². The molecule has 4 rings (SSSR count). The smallest absolute Gasteiger partial charge is 0.308 e. The minimum atomic E-state index is -0.117. The number of esters is 1. The molecule has 3 aromatic rings. The van der Waals surface area contributed by atoms with E-state index in [2.05, 4.69) is 9.88 Å². The molecule has 0 atom stereocenters. The van der Waals surface area contributed by atoms with Crippen LogP contribution in [0.25, 0.3) is 17.1 Å². The van der Waals surface area contributed by atoms with Crippen LogP contribution in [0.15, 0.2) is 54.9 Å². The summed E-state index contributed by atoms with van der Waals surface area (Å²) in [5, 5.41) is 4.82. The lowest BCUT2D eigenvalue weighted by Crippen LogP contribution is -2.38. The summed E-state index contributed by atoms with van der Waals surface area (Å²) in [5.74, 6) is 0.629. The Labute approximate surface area is 174 Å². The first-order valence-electron chi connectivity index (χ1n) is 9.63. The van der Waals surface area contributed by atoms with Crippen LogP contribution in [-0.2, 0) is 16.2 Å². The molecule has 1 aromatic carbocycles. The molecule has 0 spiro atoms. The van der Waals surface area contributed by atoms with Gasteiger partial charge in [-0.15, -0.1) is 5.10 Å². The average molecular weight is 410 g/mol. The fourth-order valence-corrected chi connectivity index (χ4v) is 3.95. The van der Waals surface area contributed by atoms with Gasteiger partial charge >= 0.3 is 5.97 Å². The van der Waals surface area contributed by atoms with E-state index in [1.54, 1.807) is 12.4 Å². The number of carbonyl (C=O) groups excluding carboxylic acids is 1. The fourth-order valence-electron chi connectivity index (χ4n) is 3.66. The van der Waals surface area contributed by atoms with Crippen LogP contribution in [0.3, 0.4) is 0 Å². The monoisotopic (exact) mass is 409 g/mol. The van der Waals surface area contributed by atoms with E-state index in [9.17, 15) is 4.79 Å². The number of benzene rings is 1. The van der Waals surface area contributed by atoms with E-state index in [-0.39, 0.29) is 11.9 Å². The Kier molecular flexibility index (Phi) is 5.82. The van der Waals surface area contributed by atoms with E-state index in [1.807, 2.05) is 51.7 Å². The first-order chi connectivity index (χ1) is 14.2. The van der Waals surface area contributed by atoms with Crippen molar-refractivity contribution >= 4 is 18.2 Å². The van der Waals surface area contributed by atoms with Crippen molar-refractivity contribution in [1.82, 2.24) is 24.2 Å². The van der Waals surface area contributed by atoms with Crippen molar-refractivity contribution in [2.24, 2.45) is 5.92 Å². The predicted molar refractivity (Wildman–Crippen MR) is 112 cm³/mol. The number of likely N-dealkylation sites (tertiary alicyclic amines) is 1. The van der Waals surface area contributed by atoms with Gasteiger partial charge in [0.25, 0.3) is 0 Å². The molecule has 1 saturated heterocycles. The number of hydrogen-bond acceptors (Lipinski definition) is 6. The van der Waals surface area contributed by atoms with Crippen LogP contribution in [0.2, 0.25) is 0 Å². The number of aromatic nitrogens is 4. The Hall–Kier alpha value is -2.84. The van der Waals surface area contributed by atoms with Gasteiger partial charge in [-0.2, -0.15) is 0 Å². The maximum Gasteiger partial charge on any atom is 0.308 e. The predicted octanol–water partition coefficient (Wildman–Crippen LogP) is 3.31. The number of para-hydroxylation sites is 1. The molecular formula is C21H23N5O2S. The number of methoxy groups -OCH3 is 1. The molecule has 3 heterocycles. The van der Waals surface area contributed by atoms with Crippen molar-refractivity contribution in [3.63, 3.8) is 0 Å². The van der Waals surface area contributed by atoms with Crippen molar-refractivity contribution in [3.8, 4) is 17.1 Å². The van der Waals surface area contributed by atoms with Gasteiger partial charge in [-0.3, -0.25) is 19.2 Å². The molecule has 1 aliphatic heterocycles. The Morgan fingerprint density at radius 1 is 1.17 bits per heavy atom. The van der Waals surface area contributed by atoms with Crippen molar-refractivity contribution in [1.29, 1.82) is 0 Å². The van der Waals surface area contributed by atoms with Crippen LogP contribution in [0.4, 0.5) is 0 Å². The maximum absolute atomic E-state index is 11.8. The number of carbonyl (C=O) groups is 1. The summed E-state index contributed by atoms with van der Waals surface area (Å²) in [7, 11) is 1.45. The zero-order valence-electron chi connectivity index (χ0n) is 16.3. The van der Waals surface area contributed by atoms with Crippen LogP contribution in [0.5, 0.6) is 0 Å². The first kappa shape index (κ1) is 19.5. The van der Waals surface area contributed by atoms with E-state index in [4.69, 9.17) is 22.1 Å². The summed E-state index contributed by atoms with van der Waals surface area (Å²) in [6.45, 7) is 2.20. The minimum absolute atomic E-state index is 0.0166. The Morgan fingerprint density at radius 3 is 2.59 bits per heavy atom. The molecule has 0 bridgehead atoms. The average Bonchev–Trinajstić information content (AvgIpc) is 3.11. The SMILES string of the molecule is COC(=O)C1CCN(Cn2nc(-c3cccnc3)n(-c3ccccc3)c2=S)CC1. The molecule has 1 fully saturated rings. The molecule has 2 aromatic heterocycles. The van der Waals surface area contributed by atoms with Gasteiger partial charge in [0.2, 0.25) is 4.77 Å². The van der Waals surface area contributed by atoms with E-state index in [1.165, 1.54) is 7.11 Å². The summed E-state index contributed by atoms with van der Waals surface area (Å²) >= 11 is 5.79. The Balaban J connectivity index is 1.63. The maximum atomic E-state index is 11.8. The molecule has 0 radical (unpaired) electrons. The van der Waals surface area contributed by atoms with E-state index in [0.717, 1.165) is 43.0 Å². The summed E-state index contributed by atoms with van der Waals surface area (Å²) in [6.07, 6.45) is 5.11. The van der Waals surface area contributed by atoms with Gasteiger partial charge in [0, 0.05) is 36.7 Å². The lowest BCUT2D eigenvalue weighted by atomic mass is 9.97. The molecule has 0 amide bonds. The molecule has 0 N–H and O–H groups in total. The lowest BCUT2D eigenvalue weighted by molar-refractivity contribution is -0.147. The van der Waals surface area contributed by atoms with Crippen LogP contribution in [0, 0.1) is 10.7 Å². The van der Waals surface area contributed by atoms with Crippen molar-refractivity contribution < 1.29 is 9.53 Å². The van der Waals surface area contributed by atoms with E-state index in [0.29, 0.717) is 11.4 Å². The van der Waals surface area contributed by atoms with E-state index < -0.39 is 0 Å². The molecule has 7 nitrogen and oxygen atoms in total. The number of pyridine rings is 1. The van der Waals surface area contributed by atoms with Gasteiger partial charge < -0.3 is 4.74 Å². The van der Waals surface area contributed by atoms with Crippen molar-refractivity contribution in [2.45, 2.75) is 19.5 Å². The van der Waals surface area contributed by atoms with Gasteiger partial charge in [-0.25, -0.2) is 4.68 Å². The minimum Gasteiger partial charge on any atom is -0.469 e. The number of hydrogen-bond donors (Lipinski definition) is 0. The number of rotatable bonds is 5. The second kappa shape index (κ2) is 8.67. The standard InChI is InChI=1S/C21H23N5O2S/c1-28-20(27)16-9-12-24(13-10-16)15-25-21(29)26(18-7-3-2-4-8-18)19(23-25)17-6-5-11-22-14-17/h2-8,11,14,16H,9-10,12-13,15H2,1H3. The third kappa shape index (κ3) is 4.13. The topological polar surface area (TPSA) is 65.2 Å². The molecule has 150 valence electrons. The third-order valence-corrected chi connectivity index (χ3v) is 5.62. The van der Waals surface area contributed by atoms with E-state index >= 15 is 0 Å². The molecule has 0 aliphatic carbocycles. The van der Waals surface area contributed by atoms with Crippen molar-refractivity contribution in [2.75, 3.05) is 20.2 Å². The molecular weight excluding hydrogens is 386 g/mol. The normalized spacial score (nSPS) is 15.3. The summed E-state index contributed by atoms with van der Waals surface area (Å²) in [4.78, 5) is 18.3. The van der Waals surface area contributed by atoms with Gasteiger partial charge in [0.1, 0.15) is 0 Å². The third-order valence-electron chi connectivity index (χ3n) is 5.23. The summed E-state index contributed by atoms with van der Waals surface area (Å²) in [6, 6.07) is 13.9. The quantitative estimate of drug-likeness (QED) is 0.476. The fraction of sp³-hybridized carbons (Fsp3) is 0.333. The molecule has 1 aliphatic rings. The Bertz CT molecular complexity index is 1020. The van der Waals surface area contributed by atoms with Gasteiger partial charge in [-0.05, 0) is 49.3 Å². The van der Waals surface area contributed by atoms with Gasteiger partial charge in [-0.1, -0.05) is 18.2 Å². The summed E-state index contributed by atoms with van der Waals surface area (Å²) < 4.78 is 9.34. The lowest BCUT2D eigenvalue weighted by Gasteiger charge is -2.30. The van der Waals surface area contributed by atoms with Gasteiger partial charge in [0.15, 0.2) is 5.82 Å². The highest BCUT2D eigenvalue weighted by atomic mass is 32.1. The highest BCUT2D eigenvalue weighted by Gasteiger charge is 2.26. The highest BCUT2D eigenvalue weighted by Crippen LogP contribution is 2.23. The highest BCUT2D eigenvalue weighted by molar-refractivity contribution is 7.71. The second-order valence-corrected chi connectivity index (χ2v) is 7.44. The van der Waals surface area contributed by atoms with Crippen LogP contribution in [0.1, 0.15) is 12.8 Å². The molecule has 0 unspecified atom stereocenters. The van der Waals surface area contributed by atoms with Gasteiger partial charge in [0.05, 0.1) is 19.7 Å². The van der Waals surface area contributed by atoms with Crippen LogP contribution >= 0.6 is 12.2 Å². The number of ether oxygens (including phenoxy) is 1. The van der Waals surface area contributed by atoms with Crippen LogP contribution < -0.4 is 0 Å². The largest absolute Gasteiger partial charge is 0.469 e. The Morgan fingerprint density at radius 2 is 1.93 bits per heavy atom. The summed E-state index contributed by atoms with van der Waals surface area (Å²) in [5.41, 5.74) is 1.87.